The van der Waals surface area contributed by atoms with E-state index in [0.29, 0.717) is 5.56 Å². The van der Waals surface area contributed by atoms with Crippen LogP contribution in [0.15, 0.2) is 24.5 Å². The zero-order valence-electron chi connectivity index (χ0n) is 11.1. The molecule has 0 saturated carbocycles. The fraction of sp³-hybridized carbons (Fsp3) is 0.462. The standard InChI is InChI=1S/C13H18N2O5/c16-7-9-20-8-6-15(5-3-12(17)18)13(19)11-2-1-4-14-10-11/h1-2,4,10,16H,3,5-9H2,(H,17,18). The number of carbonyl (C=O) groups excluding carboxylic acids is 1. The summed E-state index contributed by atoms with van der Waals surface area (Å²) in [5, 5.41) is 17.3. The van der Waals surface area contributed by atoms with Gasteiger partial charge in [-0.15, -0.1) is 0 Å². The highest BCUT2D eigenvalue weighted by molar-refractivity contribution is 5.94. The molecule has 0 atom stereocenters. The summed E-state index contributed by atoms with van der Waals surface area (Å²) in [7, 11) is 0. The zero-order chi connectivity index (χ0) is 14.8. The number of carbonyl (C=O) groups is 2. The van der Waals surface area contributed by atoms with Gasteiger partial charge in [-0.25, -0.2) is 0 Å². The number of aliphatic carboxylic acids is 1. The lowest BCUT2D eigenvalue weighted by atomic mass is 10.2. The summed E-state index contributed by atoms with van der Waals surface area (Å²) in [5.41, 5.74) is 0.403. The minimum Gasteiger partial charge on any atom is -0.481 e. The summed E-state index contributed by atoms with van der Waals surface area (Å²) in [4.78, 5) is 28.1. The fourth-order valence-corrected chi connectivity index (χ4v) is 1.56. The van der Waals surface area contributed by atoms with Gasteiger partial charge >= 0.3 is 5.97 Å². The van der Waals surface area contributed by atoms with Crippen molar-refractivity contribution in [3.05, 3.63) is 30.1 Å². The van der Waals surface area contributed by atoms with Crippen molar-refractivity contribution in [1.29, 1.82) is 0 Å². The van der Waals surface area contributed by atoms with Crippen molar-refractivity contribution in [3.63, 3.8) is 0 Å². The minimum absolute atomic E-state index is 0.0916. The topological polar surface area (TPSA) is 100.0 Å². The van der Waals surface area contributed by atoms with Gasteiger partial charge in [-0.3, -0.25) is 14.6 Å². The number of pyridine rings is 1. The molecule has 0 unspecified atom stereocenters. The number of aliphatic hydroxyl groups excluding tert-OH is 1. The molecule has 110 valence electrons. The number of ether oxygens (including phenoxy) is 1. The Balaban J connectivity index is 2.60. The van der Waals surface area contributed by atoms with E-state index in [-0.39, 0.29) is 45.2 Å². The van der Waals surface area contributed by atoms with Crippen molar-refractivity contribution in [2.75, 3.05) is 32.9 Å². The molecule has 0 aliphatic heterocycles. The molecule has 1 aromatic heterocycles. The summed E-state index contributed by atoms with van der Waals surface area (Å²) in [6, 6.07) is 3.27. The summed E-state index contributed by atoms with van der Waals surface area (Å²) in [6.07, 6.45) is 2.86. The van der Waals surface area contributed by atoms with Crippen molar-refractivity contribution in [2.45, 2.75) is 6.42 Å². The van der Waals surface area contributed by atoms with E-state index >= 15 is 0 Å². The third kappa shape index (κ3) is 5.77. The van der Waals surface area contributed by atoms with Crippen molar-refractivity contribution in [2.24, 2.45) is 0 Å². The molecule has 2 N–H and O–H groups in total. The maximum absolute atomic E-state index is 12.2. The molecule has 7 heteroatoms. The van der Waals surface area contributed by atoms with E-state index in [9.17, 15) is 9.59 Å². The van der Waals surface area contributed by atoms with E-state index in [4.69, 9.17) is 14.9 Å². The van der Waals surface area contributed by atoms with E-state index in [1.54, 1.807) is 18.3 Å². The molecule has 1 amide bonds. The lowest BCUT2D eigenvalue weighted by Crippen LogP contribution is -2.36. The van der Waals surface area contributed by atoms with Crippen LogP contribution in [0.25, 0.3) is 0 Å². The van der Waals surface area contributed by atoms with Crippen LogP contribution in [0.2, 0.25) is 0 Å². The number of rotatable bonds is 9. The summed E-state index contributed by atoms with van der Waals surface area (Å²) in [5.74, 6) is -1.25. The van der Waals surface area contributed by atoms with Gasteiger partial charge in [-0.05, 0) is 12.1 Å². The first-order valence-electron chi connectivity index (χ1n) is 6.25. The predicted molar refractivity (Wildman–Crippen MR) is 70.3 cm³/mol. The minimum atomic E-state index is -0.967. The summed E-state index contributed by atoms with van der Waals surface area (Å²) in [6.45, 7) is 0.707. The summed E-state index contributed by atoms with van der Waals surface area (Å²) < 4.78 is 5.10. The molecule has 0 aliphatic carbocycles. The number of amides is 1. The van der Waals surface area contributed by atoms with Gasteiger partial charge in [-0.2, -0.15) is 0 Å². The molecule has 0 saturated heterocycles. The molecule has 0 fully saturated rings. The van der Waals surface area contributed by atoms with Crippen LogP contribution in [0.3, 0.4) is 0 Å². The normalized spacial score (nSPS) is 10.2. The van der Waals surface area contributed by atoms with Crippen molar-refractivity contribution in [3.8, 4) is 0 Å². The van der Waals surface area contributed by atoms with E-state index in [1.807, 2.05) is 0 Å². The first kappa shape index (κ1) is 16.1. The second-order valence-electron chi connectivity index (χ2n) is 4.01. The highest BCUT2D eigenvalue weighted by Crippen LogP contribution is 2.04. The Morgan fingerprint density at radius 3 is 2.70 bits per heavy atom. The van der Waals surface area contributed by atoms with Gasteiger partial charge in [0.1, 0.15) is 0 Å². The van der Waals surface area contributed by atoms with Crippen LogP contribution in [-0.4, -0.2) is 64.9 Å². The van der Waals surface area contributed by atoms with Crippen LogP contribution < -0.4 is 0 Å². The molecule has 1 rings (SSSR count). The van der Waals surface area contributed by atoms with Gasteiger partial charge in [0.05, 0.1) is 31.8 Å². The molecule has 0 radical (unpaired) electrons. The molecular weight excluding hydrogens is 264 g/mol. The second-order valence-corrected chi connectivity index (χ2v) is 4.01. The Kier molecular flexibility index (Phi) is 7.23. The predicted octanol–water partition coefficient (Wildman–Crippen LogP) is 0.00740. The molecular formula is C13H18N2O5. The number of carboxylic acids is 1. The molecule has 0 bridgehead atoms. The maximum atomic E-state index is 12.2. The SMILES string of the molecule is O=C(O)CCN(CCOCCO)C(=O)c1cccnc1. The first-order chi connectivity index (χ1) is 9.65. The number of aromatic nitrogens is 1. The monoisotopic (exact) mass is 282 g/mol. The van der Waals surface area contributed by atoms with Crippen LogP contribution in [-0.2, 0) is 9.53 Å². The highest BCUT2D eigenvalue weighted by Gasteiger charge is 2.16. The first-order valence-corrected chi connectivity index (χ1v) is 6.25. The van der Waals surface area contributed by atoms with Crippen molar-refractivity contribution < 1.29 is 24.5 Å². The Hall–Kier alpha value is -1.99. The second kappa shape index (κ2) is 9.00. The average Bonchev–Trinajstić information content (AvgIpc) is 2.46. The molecule has 20 heavy (non-hydrogen) atoms. The third-order valence-corrected chi connectivity index (χ3v) is 2.53. The van der Waals surface area contributed by atoms with Crippen LogP contribution >= 0.6 is 0 Å². The lowest BCUT2D eigenvalue weighted by molar-refractivity contribution is -0.137. The zero-order valence-corrected chi connectivity index (χ0v) is 11.1. The van der Waals surface area contributed by atoms with E-state index < -0.39 is 5.97 Å². The van der Waals surface area contributed by atoms with E-state index in [1.165, 1.54) is 11.1 Å². The van der Waals surface area contributed by atoms with Crippen LogP contribution in [0.1, 0.15) is 16.8 Å². The molecule has 1 heterocycles. The fourth-order valence-electron chi connectivity index (χ4n) is 1.56. The van der Waals surface area contributed by atoms with Crippen LogP contribution in [0.4, 0.5) is 0 Å². The van der Waals surface area contributed by atoms with Crippen LogP contribution in [0, 0.1) is 0 Å². The number of carboxylic acid groups (broad SMARTS) is 1. The number of hydrogen-bond donors (Lipinski definition) is 2. The smallest absolute Gasteiger partial charge is 0.305 e. The molecule has 0 spiro atoms. The van der Waals surface area contributed by atoms with Crippen LogP contribution in [0.5, 0.6) is 0 Å². The van der Waals surface area contributed by atoms with Gasteiger partial charge in [0.25, 0.3) is 5.91 Å². The molecule has 0 aliphatic rings. The quantitative estimate of drug-likeness (QED) is 0.619. The summed E-state index contributed by atoms with van der Waals surface area (Å²) >= 11 is 0. The third-order valence-electron chi connectivity index (χ3n) is 2.53. The Bertz CT molecular complexity index is 424. The maximum Gasteiger partial charge on any atom is 0.305 e. The van der Waals surface area contributed by atoms with Crippen molar-refractivity contribution >= 4 is 11.9 Å². The van der Waals surface area contributed by atoms with E-state index in [0.717, 1.165) is 0 Å². The van der Waals surface area contributed by atoms with Gasteiger partial charge in [0.15, 0.2) is 0 Å². The number of hydrogen-bond acceptors (Lipinski definition) is 5. The molecule has 7 nitrogen and oxygen atoms in total. The van der Waals surface area contributed by atoms with Gasteiger partial charge in [0.2, 0.25) is 0 Å². The van der Waals surface area contributed by atoms with E-state index in [2.05, 4.69) is 4.98 Å². The lowest BCUT2D eigenvalue weighted by Gasteiger charge is -2.21. The average molecular weight is 282 g/mol. The number of nitrogens with zero attached hydrogens (tertiary/aromatic N) is 2. The Morgan fingerprint density at radius 2 is 2.10 bits per heavy atom. The highest BCUT2D eigenvalue weighted by atomic mass is 16.5. The Labute approximate surface area is 116 Å². The number of aliphatic hydroxyl groups is 1. The van der Waals surface area contributed by atoms with Crippen molar-refractivity contribution in [1.82, 2.24) is 9.88 Å². The van der Waals surface area contributed by atoms with Gasteiger partial charge in [-0.1, -0.05) is 0 Å². The Morgan fingerprint density at radius 1 is 1.30 bits per heavy atom. The largest absolute Gasteiger partial charge is 0.481 e. The molecule has 0 aromatic carbocycles. The van der Waals surface area contributed by atoms with Gasteiger partial charge < -0.3 is 19.8 Å². The molecule has 1 aromatic rings. The van der Waals surface area contributed by atoms with Gasteiger partial charge in [0, 0.05) is 25.5 Å².